The van der Waals surface area contributed by atoms with E-state index in [9.17, 15) is 18.9 Å². The summed E-state index contributed by atoms with van der Waals surface area (Å²) in [4.78, 5) is 24.6. The molecule has 2 aliphatic heterocycles. The van der Waals surface area contributed by atoms with E-state index >= 15 is 0 Å². The molecule has 0 amide bonds. The van der Waals surface area contributed by atoms with Gasteiger partial charge in [0.15, 0.2) is 0 Å². The van der Waals surface area contributed by atoms with Crippen LogP contribution in [0.5, 0.6) is 0 Å². The van der Waals surface area contributed by atoms with Crippen molar-refractivity contribution in [1.82, 2.24) is 19.7 Å². The molecule has 1 aliphatic carbocycles. The summed E-state index contributed by atoms with van der Waals surface area (Å²) in [5, 5.41) is 16.1. The van der Waals surface area contributed by atoms with Gasteiger partial charge in [-0.15, -0.1) is 0 Å². The number of anilines is 2. The van der Waals surface area contributed by atoms with E-state index in [2.05, 4.69) is 15.0 Å². The lowest BCUT2D eigenvalue weighted by molar-refractivity contribution is -0.384. The Bertz CT molecular complexity index is 1350. The first-order valence-electron chi connectivity index (χ1n) is 13.3. The molecule has 0 bridgehead atoms. The highest BCUT2D eigenvalue weighted by molar-refractivity contribution is 5.68. The van der Waals surface area contributed by atoms with Gasteiger partial charge >= 0.3 is 0 Å². The molecule has 3 fully saturated rings. The zero-order valence-corrected chi connectivity index (χ0v) is 21.4. The van der Waals surface area contributed by atoms with Gasteiger partial charge in [-0.05, 0) is 49.7 Å². The first kappa shape index (κ1) is 24.7. The Morgan fingerprint density at radius 1 is 0.947 bits per heavy atom. The molecular formula is C27H31F2N7O2. The molecule has 2 saturated heterocycles. The van der Waals surface area contributed by atoms with Crippen LogP contribution in [0.3, 0.4) is 0 Å². The number of piperidine rings is 2. The van der Waals surface area contributed by atoms with Crippen LogP contribution in [0.15, 0.2) is 36.7 Å². The van der Waals surface area contributed by atoms with Crippen LogP contribution in [0.25, 0.3) is 16.9 Å². The highest BCUT2D eigenvalue weighted by Crippen LogP contribution is 2.54. The molecule has 1 aromatic carbocycles. The van der Waals surface area contributed by atoms with Crippen LogP contribution in [0.4, 0.5) is 26.1 Å². The minimum atomic E-state index is -2.64. The van der Waals surface area contributed by atoms with Gasteiger partial charge in [0, 0.05) is 68.6 Å². The van der Waals surface area contributed by atoms with E-state index < -0.39 is 5.92 Å². The van der Waals surface area contributed by atoms with Gasteiger partial charge in [-0.25, -0.2) is 23.4 Å². The smallest absolute Gasteiger partial charge is 0.271 e. The van der Waals surface area contributed by atoms with Gasteiger partial charge in [0.25, 0.3) is 11.6 Å². The quantitative estimate of drug-likeness (QED) is 0.315. The lowest BCUT2D eigenvalue weighted by Gasteiger charge is -2.34. The van der Waals surface area contributed by atoms with E-state index in [4.69, 9.17) is 4.98 Å². The van der Waals surface area contributed by atoms with Crippen LogP contribution in [-0.4, -0.2) is 56.8 Å². The third-order valence-electron chi connectivity index (χ3n) is 8.32. The van der Waals surface area contributed by atoms with Gasteiger partial charge in [-0.3, -0.25) is 10.1 Å². The third-order valence-corrected chi connectivity index (χ3v) is 8.32. The SMILES string of the molecule is CCc1cc(-c2cnn(-c3ccc([N+](=O)[O-])cc3N3CCC4(CC3)CC4)c2)nc(N2CCC(F)(F)CC2)n1. The second-order valence-corrected chi connectivity index (χ2v) is 10.8. The average molecular weight is 524 g/mol. The third kappa shape index (κ3) is 4.81. The number of hydrogen-bond acceptors (Lipinski definition) is 7. The van der Waals surface area contributed by atoms with Crippen molar-refractivity contribution in [3.8, 4) is 16.9 Å². The predicted octanol–water partition coefficient (Wildman–Crippen LogP) is 5.42. The molecule has 0 radical (unpaired) electrons. The first-order chi connectivity index (χ1) is 18.2. The molecule has 3 aromatic rings. The molecule has 11 heteroatoms. The van der Waals surface area contributed by atoms with Crippen LogP contribution < -0.4 is 9.80 Å². The van der Waals surface area contributed by atoms with Gasteiger partial charge in [0.2, 0.25) is 5.95 Å². The molecule has 200 valence electrons. The lowest BCUT2D eigenvalue weighted by Crippen LogP contribution is -2.40. The number of alkyl halides is 2. The normalized spacial score (nSPS) is 20.1. The van der Waals surface area contributed by atoms with E-state index in [0.29, 0.717) is 23.5 Å². The number of hydrogen-bond donors (Lipinski definition) is 0. The van der Waals surface area contributed by atoms with Crippen LogP contribution in [0.2, 0.25) is 0 Å². The number of halogens is 2. The summed E-state index contributed by atoms with van der Waals surface area (Å²) >= 11 is 0. The molecular weight excluding hydrogens is 492 g/mol. The van der Waals surface area contributed by atoms with E-state index in [-0.39, 0.29) is 36.5 Å². The molecule has 3 aliphatic rings. The van der Waals surface area contributed by atoms with Gasteiger partial charge in [-0.2, -0.15) is 5.10 Å². The Hall–Kier alpha value is -3.63. The van der Waals surface area contributed by atoms with Crippen molar-refractivity contribution in [2.24, 2.45) is 5.41 Å². The molecule has 6 rings (SSSR count). The summed E-state index contributed by atoms with van der Waals surface area (Å²) in [5.74, 6) is -2.18. The van der Waals surface area contributed by atoms with Crippen molar-refractivity contribution in [2.75, 3.05) is 36.0 Å². The Morgan fingerprint density at radius 2 is 1.66 bits per heavy atom. The molecule has 9 nitrogen and oxygen atoms in total. The van der Waals surface area contributed by atoms with Crippen molar-refractivity contribution in [1.29, 1.82) is 0 Å². The minimum Gasteiger partial charge on any atom is -0.370 e. The maximum atomic E-state index is 13.7. The second-order valence-electron chi connectivity index (χ2n) is 10.8. The van der Waals surface area contributed by atoms with Crippen LogP contribution in [0.1, 0.15) is 51.1 Å². The molecule has 0 N–H and O–H groups in total. The molecule has 4 heterocycles. The maximum absolute atomic E-state index is 13.7. The fraction of sp³-hybridized carbons (Fsp3) is 0.519. The number of non-ortho nitro benzene ring substituents is 1. The van der Waals surface area contributed by atoms with Gasteiger partial charge < -0.3 is 9.80 Å². The second kappa shape index (κ2) is 9.28. The van der Waals surface area contributed by atoms with E-state index in [0.717, 1.165) is 48.6 Å². The van der Waals surface area contributed by atoms with Crippen LogP contribution in [0, 0.1) is 15.5 Å². The number of nitro benzene ring substituents is 1. The summed E-state index contributed by atoms with van der Waals surface area (Å²) in [6.07, 6.45) is 8.63. The maximum Gasteiger partial charge on any atom is 0.271 e. The Kier molecular flexibility index (Phi) is 6.03. The number of benzene rings is 1. The van der Waals surface area contributed by atoms with Gasteiger partial charge in [0.1, 0.15) is 0 Å². The zero-order valence-electron chi connectivity index (χ0n) is 21.4. The molecule has 38 heavy (non-hydrogen) atoms. The summed E-state index contributed by atoms with van der Waals surface area (Å²) < 4.78 is 29.2. The van der Waals surface area contributed by atoms with Gasteiger partial charge in [-0.1, -0.05) is 6.92 Å². The lowest BCUT2D eigenvalue weighted by atomic mass is 9.93. The number of nitrogens with zero attached hydrogens (tertiary/aromatic N) is 7. The largest absolute Gasteiger partial charge is 0.370 e. The van der Waals surface area contributed by atoms with E-state index in [1.807, 2.05) is 24.1 Å². The molecule has 1 spiro atoms. The summed E-state index contributed by atoms with van der Waals surface area (Å²) in [7, 11) is 0. The van der Waals surface area contributed by atoms with E-state index in [1.165, 1.54) is 18.9 Å². The zero-order chi connectivity index (χ0) is 26.5. The van der Waals surface area contributed by atoms with Crippen LogP contribution in [-0.2, 0) is 6.42 Å². The van der Waals surface area contributed by atoms with E-state index in [1.54, 1.807) is 23.0 Å². The molecule has 2 aromatic heterocycles. The average Bonchev–Trinajstić information content (AvgIpc) is 3.48. The minimum absolute atomic E-state index is 0.0583. The molecule has 0 atom stereocenters. The number of rotatable bonds is 6. The monoisotopic (exact) mass is 523 g/mol. The van der Waals surface area contributed by atoms with Crippen molar-refractivity contribution in [3.05, 3.63) is 52.5 Å². The highest BCUT2D eigenvalue weighted by Gasteiger charge is 2.44. The molecule has 0 unspecified atom stereocenters. The fourth-order valence-corrected chi connectivity index (χ4v) is 5.55. The van der Waals surface area contributed by atoms with Crippen molar-refractivity contribution >= 4 is 17.3 Å². The Labute approximate surface area is 219 Å². The number of aryl methyl sites for hydroxylation is 1. The van der Waals surface area contributed by atoms with Crippen molar-refractivity contribution < 1.29 is 13.7 Å². The topological polar surface area (TPSA) is 93.2 Å². The first-order valence-corrected chi connectivity index (χ1v) is 13.3. The molecule has 1 saturated carbocycles. The fourth-order valence-electron chi connectivity index (χ4n) is 5.55. The summed E-state index contributed by atoms with van der Waals surface area (Å²) in [5.41, 5.74) is 4.39. The standard InChI is InChI=1S/C27H31F2N7O2/c1-2-20-15-22(32-25(31-20)34-13-9-27(28,29)10-14-34)19-17-30-35(18-19)23-4-3-21(36(37)38)16-24(23)33-11-7-26(5-6-26)8-12-33/h3-4,15-18H,2,5-14H2,1H3. The van der Waals surface area contributed by atoms with Crippen LogP contribution >= 0.6 is 0 Å². The predicted molar refractivity (Wildman–Crippen MR) is 140 cm³/mol. The summed E-state index contributed by atoms with van der Waals surface area (Å²) in [6.45, 7) is 4.15. The highest BCUT2D eigenvalue weighted by atomic mass is 19.3. The Morgan fingerprint density at radius 3 is 2.32 bits per heavy atom. The Balaban J connectivity index is 1.32. The van der Waals surface area contributed by atoms with Gasteiger partial charge in [0.05, 0.1) is 28.2 Å². The van der Waals surface area contributed by atoms with Crippen molar-refractivity contribution in [2.45, 2.75) is 57.8 Å². The number of aromatic nitrogens is 4. The van der Waals surface area contributed by atoms with Crippen molar-refractivity contribution in [3.63, 3.8) is 0 Å². The summed E-state index contributed by atoms with van der Waals surface area (Å²) in [6, 6.07) is 6.81. The number of nitro groups is 1.